The minimum atomic E-state index is -0.534. The third-order valence-corrected chi connectivity index (χ3v) is 9.08. The molecule has 47 heavy (non-hydrogen) atoms. The number of methoxy groups -OCH3 is 1. The number of carbonyl (C=O) groups excluding carboxylic acids is 3. The first-order chi connectivity index (χ1) is 22.7. The number of anilines is 2. The third kappa shape index (κ3) is 9.02. The number of carbonyl (C=O) groups is 3. The molecular weight excluding hydrogens is 675 g/mol. The van der Waals surface area contributed by atoms with Gasteiger partial charge in [-0.15, -0.1) is 23.1 Å². The van der Waals surface area contributed by atoms with Crippen molar-refractivity contribution in [2.45, 2.75) is 17.1 Å². The highest BCUT2D eigenvalue weighted by Crippen LogP contribution is 2.33. The van der Waals surface area contributed by atoms with Crippen molar-refractivity contribution in [3.63, 3.8) is 0 Å². The Hall–Kier alpha value is -4.61. The summed E-state index contributed by atoms with van der Waals surface area (Å²) in [5.74, 6) is -0.665. The molecule has 3 N–H and O–H groups in total. The van der Waals surface area contributed by atoms with Crippen molar-refractivity contribution in [3.05, 3.63) is 129 Å². The number of ether oxygens (including phenoxy) is 1. The van der Waals surface area contributed by atoms with Gasteiger partial charge in [-0.25, -0.2) is 4.98 Å². The molecule has 0 saturated carbocycles. The van der Waals surface area contributed by atoms with Gasteiger partial charge in [-0.05, 0) is 67.6 Å². The molecule has 1 heterocycles. The zero-order valence-electron chi connectivity index (χ0n) is 25.1. The number of aromatic nitrogens is 1. The predicted molar refractivity (Wildman–Crippen MR) is 191 cm³/mol. The second kappa shape index (κ2) is 15.8. The van der Waals surface area contributed by atoms with Crippen LogP contribution in [0.25, 0.3) is 17.3 Å². The molecule has 0 bridgehead atoms. The van der Waals surface area contributed by atoms with E-state index in [4.69, 9.17) is 27.9 Å². The van der Waals surface area contributed by atoms with E-state index in [1.165, 1.54) is 30.2 Å². The van der Waals surface area contributed by atoms with Crippen LogP contribution in [0.5, 0.6) is 5.75 Å². The predicted octanol–water partition coefficient (Wildman–Crippen LogP) is 8.65. The average molecular weight is 704 g/mol. The van der Waals surface area contributed by atoms with Gasteiger partial charge in [0.1, 0.15) is 11.4 Å². The lowest BCUT2D eigenvalue weighted by molar-refractivity contribution is -0.115. The van der Waals surface area contributed by atoms with Crippen LogP contribution in [0.1, 0.15) is 22.8 Å². The van der Waals surface area contributed by atoms with Crippen molar-refractivity contribution in [2.75, 3.05) is 17.7 Å². The standard InChI is InChI=1S/C35H28Cl2N4O4S2/c1-21(32(42)41-35-40-30(20-46-35)27-16-15-24(36)18-28(27)37)47-26-13-8-12-25(19-26)38-34(44)29(17-23-11-6-7-14-31(23)45-2)39-33(43)22-9-4-3-5-10-22/h3-21H,1-2H3,(H,38,44)(H,39,43)(H,40,41,42)/b29-17+. The molecule has 8 nitrogen and oxygen atoms in total. The molecule has 1 unspecified atom stereocenters. The number of nitrogens with zero attached hydrogens (tertiary/aromatic N) is 1. The Morgan fingerprint density at radius 3 is 2.45 bits per heavy atom. The zero-order chi connectivity index (χ0) is 33.3. The van der Waals surface area contributed by atoms with Gasteiger partial charge in [-0.3, -0.25) is 14.4 Å². The fourth-order valence-corrected chi connectivity index (χ4v) is 6.49. The Kier molecular flexibility index (Phi) is 11.3. The molecule has 1 aromatic heterocycles. The molecule has 3 amide bonds. The van der Waals surface area contributed by atoms with Crippen LogP contribution in [-0.2, 0) is 9.59 Å². The van der Waals surface area contributed by atoms with E-state index in [9.17, 15) is 14.4 Å². The first-order valence-electron chi connectivity index (χ1n) is 14.2. The Morgan fingerprint density at radius 1 is 0.915 bits per heavy atom. The van der Waals surface area contributed by atoms with Crippen LogP contribution in [0.3, 0.4) is 0 Å². The summed E-state index contributed by atoms with van der Waals surface area (Å²) in [6.07, 6.45) is 1.56. The number of benzene rings is 4. The number of para-hydroxylation sites is 1. The van der Waals surface area contributed by atoms with Crippen molar-refractivity contribution >= 4 is 80.9 Å². The summed E-state index contributed by atoms with van der Waals surface area (Å²) in [5, 5.41) is 11.2. The summed E-state index contributed by atoms with van der Waals surface area (Å²) >= 11 is 14.9. The van der Waals surface area contributed by atoms with Gasteiger partial charge in [0.2, 0.25) is 5.91 Å². The van der Waals surface area contributed by atoms with Gasteiger partial charge in [0, 0.05) is 37.7 Å². The maximum absolute atomic E-state index is 13.5. The van der Waals surface area contributed by atoms with Gasteiger partial charge in [-0.2, -0.15) is 0 Å². The molecule has 12 heteroatoms. The van der Waals surface area contributed by atoms with Crippen LogP contribution in [-0.4, -0.2) is 35.1 Å². The third-order valence-electron chi connectivity index (χ3n) is 6.68. The lowest BCUT2D eigenvalue weighted by atomic mass is 10.1. The van der Waals surface area contributed by atoms with E-state index < -0.39 is 17.1 Å². The van der Waals surface area contributed by atoms with E-state index >= 15 is 0 Å². The molecule has 0 aliphatic rings. The number of amides is 3. The maximum atomic E-state index is 13.5. The number of rotatable bonds is 11. The lowest BCUT2D eigenvalue weighted by Crippen LogP contribution is -2.30. The Balaban J connectivity index is 1.27. The van der Waals surface area contributed by atoms with Gasteiger partial charge in [0.25, 0.3) is 11.8 Å². The molecule has 5 rings (SSSR count). The Morgan fingerprint density at radius 2 is 1.68 bits per heavy atom. The molecule has 0 spiro atoms. The van der Waals surface area contributed by atoms with Crippen LogP contribution in [0.15, 0.2) is 113 Å². The number of thiazole rings is 1. The number of thioether (sulfide) groups is 1. The second-order valence-electron chi connectivity index (χ2n) is 10.0. The lowest BCUT2D eigenvalue weighted by Gasteiger charge is -2.14. The molecule has 1 atom stereocenters. The number of hydrogen-bond acceptors (Lipinski definition) is 7. The molecule has 0 aliphatic carbocycles. The van der Waals surface area contributed by atoms with Crippen molar-refractivity contribution in [1.82, 2.24) is 10.3 Å². The molecule has 0 aliphatic heterocycles. The fourth-order valence-electron chi connectivity index (χ4n) is 4.35. The number of hydrogen-bond donors (Lipinski definition) is 3. The smallest absolute Gasteiger partial charge is 0.272 e. The van der Waals surface area contributed by atoms with E-state index in [0.717, 1.165) is 10.5 Å². The summed E-state index contributed by atoms with van der Waals surface area (Å²) in [5.41, 5.74) is 2.87. The molecule has 0 radical (unpaired) electrons. The van der Waals surface area contributed by atoms with Crippen molar-refractivity contribution in [2.24, 2.45) is 0 Å². The van der Waals surface area contributed by atoms with Crippen molar-refractivity contribution in [3.8, 4) is 17.0 Å². The van der Waals surface area contributed by atoms with Gasteiger partial charge in [0.15, 0.2) is 5.13 Å². The van der Waals surface area contributed by atoms with E-state index in [-0.39, 0.29) is 11.6 Å². The van der Waals surface area contributed by atoms with E-state index in [0.29, 0.717) is 43.4 Å². The van der Waals surface area contributed by atoms with Gasteiger partial charge in [-0.1, -0.05) is 65.7 Å². The monoisotopic (exact) mass is 702 g/mol. The van der Waals surface area contributed by atoms with Crippen LogP contribution >= 0.6 is 46.3 Å². The summed E-state index contributed by atoms with van der Waals surface area (Å²) in [4.78, 5) is 44.8. The second-order valence-corrected chi connectivity index (χ2v) is 13.1. The largest absolute Gasteiger partial charge is 0.496 e. The highest BCUT2D eigenvalue weighted by Gasteiger charge is 2.19. The van der Waals surface area contributed by atoms with E-state index in [1.807, 2.05) is 23.6 Å². The van der Waals surface area contributed by atoms with E-state index in [2.05, 4.69) is 20.9 Å². The molecule has 0 saturated heterocycles. The van der Waals surface area contributed by atoms with Crippen LogP contribution in [0.2, 0.25) is 10.0 Å². The Labute approximate surface area is 290 Å². The molecule has 0 fully saturated rings. The van der Waals surface area contributed by atoms with Crippen molar-refractivity contribution < 1.29 is 19.1 Å². The van der Waals surface area contributed by atoms with Gasteiger partial charge in [0.05, 0.1) is 23.1 Å². The average Bonchev–Trinajstić information content (AvgIpc) is 3.53. The molecule has 238 valence electrons. The Bertz CT molecular complexity index is 1950. The summed E-state index contributed by atoms with van der Waals surface area (Å²) in [6.45, 7) is 1.78. The molecule has 5 aromatic rings. The summed E-state index contributed by atoms with van der Waals surface area (Å²) in [7, 11) is 1.53. The van der Waals surface area contributed by atoms with E-state index in [1.54, 1.807) is 91.9 Å². The quantitative estimate of drug-likeness (QED) is 0.0939. The van der Waals surface area contributed by atoms with Crippen LogP contribution < -0.4 is 20.7 Å². The minimum Gasteiger partial charge on any atom is -0.496 e. The first-order valence-corrected chi connectivity index (χ1v) is 16.7. The molecular formula is C35H28Cl2N4O4S2. The highest BCUT2D eigenvalue weighted by molar-refractivity contribution is 8.00. The molecule has 4 aromatic carbocycles. The normalized spacial score (nSPS) is 11.8. The summed E-state index contributed by atoms with van der Waals surface area (Å²) < 4.78 is 5.44. The number of halogens is 2. The minimum absolute atomic E-state index is 0.0249. The SMILES string of the molecule is COc1ccccc1/C=C(/NC(=O)c1ccccc1)C(=O)Nc1cccc(SC(C)C(=O)Nc2nc(-c3ccc(Cl)cc3Cl)cs2)c1. The van der Waals surface area contributed by atoms with Crippen LogP contribution in [0.4, 0.5) is 10.8 Å². The topological polar surface area (TPSA) is 109 Å². The maximum Gasteiger partial charge on any atom is 0.272 e. The zero-order valence-corrected chi connectivity index (χ0v) is 28.3. The fraction of sp³-hybridized carbons (Fsp3) is 0.0857. The van der Waals surface area contributed by atoms with Gasteiger partial charge < -0.3 is 20.7 Å². The number of nitrogens with one attached hydrogen (secondary N) is 3. The van der Waals surface area contributed by atoms with Crippen LogP contribution in [0, 0.1) is 0 Å². The van der Waals surface area contributed by atoms with Gasteiger partial charge >= 0.3 is 0 Å². The summed E-state index contributed by atoms with van der Waals surface area (Å²) in [6, 6.07) is 28.0. The van der Waals surface area contributed by atoms with Crippen molar-refractivity contribution in [1.29, 1.82) is 0 Å². The highest BCUT2D eigenvalue weighted by atomic mass is 35.5. The first kappa shape index (κ1) is 33.7.